The summed E-state index contributed by atoms with van der Waals surface area (Å²) in [5, 5.41) is 8.82. The van der Waals surface area contributed by atoms with Gasteiger partial charge in [0.1, 0.15) is 0 Å². The van der Waals surface area contributed by atoms with Crippen molar-refractivity contribution in [1.82, 2.24) is 0 Å². The number of alkyl halides is 1. The summed E-state index contributed by atoms with van der Waals surface area (Å²) in [6.07, 6.45) is 0.304. The number of carbonyl (C=O) groups excluding carboxylic acids is 1. The normalized spacial score (nSPS) is 19.8. The van der Waals surface area contributed by atoms with Crippen molar-refractivity contribution in [2.45, 2.75) is 18.7 Å². The summed E-state index contributed by atoms with van der Waals surface area (Å²) in [6, 6.07) is 4.91. The summed E-state index contributed by atoms with van der Waals surface area (Å²) in [4.78, 5) is 24.3. The lowest BCUT2D eigenvalue weighted by molar-refractivity contribution is -0.117. The monoisotopic (exact) mass is 253 g/mol. The lowest BCUT2D eigenvalue weighted by atomic mass is 10.1. The Morgan fingerprint density at radius 1 is 1.53 bits per heavy atom. The molecule has 0 spiro atoms. The summed E-state index contributed by atoms with van der Waals surface area (Å²) < 4.78 is 0. The molecule has 1 N–H and O–H groups in total. The molecule has 1 saturated heterocycles. The molecule has 1 aromatic rings. The van der Waals surface area contributed by atoms with Crippen molar-refractivity contribution >= 4 is 29.2 Å². The van der Waals surface area contributed by atoms with Crippen LogP contribution in [0.4, 0.5) is 5.69 Å². The molecular formula is C12H12ClNO3. The van der Waals surface area contributed by atoms with Gasteiger partial charge in [0.05, 0.1) is 10.9 Å². The molecule has 1 aliphatic heterocycles. The molecule has 1 aliphatic rings. The fraction of sp³-hybridized carbons (Fsp3) is 0.333. The molecule has 0 aromatic heterocycles. The van der Waals surface area contributed by atoms with Crippen LogP contribution in [0.5, 0.6) is 0 Å². The average Bonchev–Trinajstić information content (AvgIpc) is 2.57. The number of rotatable bonds is 2. The van der Waals surface area contributed by atoms with E-state index in [1.807, 2.05) is 0 Å². The van der Waals surface area contributed by atoms with E-state index in [1.165, 1.54) is 6.07 Å². The second kappa shape index (κ2) is 4.37. The van der Waals surface area contributed by atoms with Crippen LogP contribution in [0.25, 0.3) is 0 Å². The van der Waals surface area contributed by atoms with Gasteiger partial charge in [0.15, 0.2) is 0 Å². The fourth-order valence-electron chi connectivity index (χ4n) is 2.04. The standard InChI is InChI=1S/C12H12ClNO3/c1-7-9(12(16)17)3-2-4-10(7)14-6-8(13)5-11(14)15/h2-4,8H,5-6H2,1H3,(H,16,17). The minimum absolute atomic E-state index is 0.0596. The van der Waals surface area contributed by atoms with Gasteiger partial charge < -0.3 is 10.0 Å². The number of carboxylic acid groups (broad SMARTS) is 1. The Morgan fingerprint density at radius 3 is 2.76 bits per heavy atom. The first-order valence-electron chi connectivity index (χ1n) is 5.28. The SMILES string of the molecule is Cc1c(C(=O)O)cccc1N1CC(Cl)CC1=O. The second-order valence-electron chi connectivity index (χ2n) is 4.06. The molecule has 1 aromatic carbocycles. The van der Waals surface area contributed by atoms with Crippen molar-refractivity contribution < 1.29 is 14.7 Å². The highest BCUT2D eigenvalue weighted by atomic mass is 35.5. The van der Waals surface area contributed by atoms with Crippen LogP contribution in [0, 0.1) is 6.92 Å². The van der Waals surface area contributed by atoms with Gasteiger partial charge >= 0.3 is 5.97 Å². The molecule has 0 saturated carbocycles. The molecule has 1 fully saturated rings. The Bertz CT molecular complexity index is 487. The van der Waals surface area contributed by atoms with Crippen molar-refractivity contribution in [3.8, 4) is 0 Å². The predicted molar refractivity (Wildman–Crippen MR) is 64.7 cm³/mol. The Labute approximate surface area is 104 Å². The molecule has 5 heteroatoms. The summed E-state index contributed by atoms with van der Waals surface area (Å²) in [6.45, 7) is 2.14. The zero-order valence-corrected chi connectivity index (χ0v) is 10.1. The van der Waals surface area contributed by atoms with Gasteiger partial charge in [0.2, 0.25) is 5.91 Å². The van der Waals surface area contributed by atoms with Gasteiger partial charge in [-0.1, -0.05) is 6.07 Å². The maximum atomic E-state index is 11.7. The number of carboxylic acids is 1. The van der Waals surface area contributed by atoms with Crippen molar-refractivity contribution in [1.29, 1.82) is 0 Å². The largest absolute Gasteiger partial charge is 0.478 e. The van der Waals surface area contributed by atoms with Gasteiger partial charge in [0, 0.05) is 18.7 Å². The molecule has 1 amide bonds. The Balaban J connectivity index is 2.43. The maximum Gasteiger partial charge on any atom is 0.336 e. The zero-order chi connectivity index (χ0) is 12.6. The minimum Gasteiger partial charge on any atom is -0.478 e. The molecule has 1 unspecified atom stereocenters. The van der Waals surface area contributed by atoms with E-state index in [9.17, 15) is 9.59 Å². The minimum atomic E-state index is -0.988. The highest BCUT2D eigenvalue weighted by Crippen LogP contribution is 2.28. The number of benzene rings is 1. The van der Waals surface area contributed by atoms with Crippen LogP contribution in [0.1, 0.15) is 22.3 Å². The number of anilines is 1. The van der Waals surface area contributed by atoms with Crippen molar-refractivity contribution in [2.24, 2.45) is 0 Å². The second-order valence-corrected chi connectivity index (χ2v) is 4.68. The van der Waals surface area contributed by atoms with E-state index < -0.39 is 5.97 Å². The third-order valence-corrected chi connectivity index (χ3v) is 3.20. The quantitative estimate of drug-likeness (QED) is 0.821. The number of aromatic carboxylic acids is 1. The van der Waals surface area contributed by atoms with Crippen LogP contribution in [0.3, 0.4) is 0 Å². The van der Waals surface area contributed by atoms with Crippen molar-refractivity contribution in [3.63, 3.8) is 0 Å². The fourth-order valence-corrected chi connectivity index (χ4v) is 2.31. The van der Waals surface area contributed by atoms with Crippen molar-refractivity contribution in [2.75, 3.05) is 11.4 Å². The predicted octanol–water partition coefficient (Wildman–Crippen LogP) is 2.04. The van der Waals surface area contributed by atoms with Crippen LogP contribution in [-0.2, 0) is 4.79 Å². The number of hydrogen-bond acceptors (Lipinski definition) is 2. The number of hydrogen-bond donors (Lipinski definition) is 1. The highest BCUT2D eigenvalue weighted by Gasteiger charge is 2.30. The first kappa shape index (κ1) is 11.9. The van der Waals surface area contributed by atoms with E-state index in [-0.39, 0.29) is 16.8 Å². The van der Waals surface area contributed by atoms with Gasteiger partial charge in [-0.3, -0.25) is 4.79 Å². The molecule has 0 radical (unpaired) electrons. The van der Waals surface area contributed by atoms with E-state index in [1.54, 1.807) is 24.0 Å². The third kappa shape index (κ3) is 2.13. The lowest BCUT2D eigenvalue weighted by Crippen LogP contribution is -2.26. The smallest absolute Gasteiger partial charge is 0.336 e. The van der Waals surface area contributed by atoms with Gasteiger partial charge in [0.25, 0.3) is 0 Å². The molecule has 0 bridgehead atoms. The highest BCUT2D eigenvalue weighted by molar-refractivity contribution is 6.24. The lowest BCUT2D eigenvalue weighted by Gasteiger charge is -2.19. The Morgan fingerprint density at radius 2 is 2.24 bits per heavy atom. The molecule has 1 heterocycles. The van der Waals surface area contributed by atoms with Gasteiger partial charge in [-0.15, -0.1) is 11.6 Å². The number of amides is 1. The van der Waals surface area contributed by atoms with E-state index >= 15 is 0 Å². The van der Waals surface area contributed by atoms with Gasteiger partial charge in [-0.25, -0.2) is 4.79 Å². The molecule has 0 aliphatic carbocycles. The van der Waals surface area contributed by atoms with Gasteiger partial charge in [-0.2, -0.15) is 0 Å². The molecule has 1 atom stereocenters. The van der Waals surface area contributed by atoms with E-state index in [0.717, 1.165) is 0 Å². The van der Waals surface area contributed by atoms with E-state index in [0.29, 0.717) is 24.2 Å². The van der Waals surface area contributed by atoms with Crippen LogP contribution in [0.15, 0.2) is 18.2 Å². The summed E-state index contributed by atoms with van der Waals surface area (Å²) in [5.74, 6) is -1.05. The van der Waals surface area contributed by atoms with E-state index in [4.69, 9.17) is 16.7 Å². The molecular weight excluding hydrogens is 242 g/mol. The van der Waals surface area contributed by atoms with Crippen LogP contribution in [0.2, 0.25) is 0 Å². The van der Waals surface area contributed by atoms with Crippen LogP contribution in [-0.4, -0.2) is 28.9 Å². The van der Waals surface area contributed by atoms with Crippen molar-refractivity contribution in [3.05, 3.63) is 29.3 Å². The number of carbonyl (C=O) groups is 2. The van der Waals surface area contributed by atoms with Crippen LogP contribution < -0.4 is 4.90 Å². The average molecular weight is 254 g/mol. The zero-order valence-electron chi connectivity index (χ0n) is 9.31. The topological polar surface area (TPSA) is 57.6 Å². The molecule has 17 heavy (non-hydrogen) atoms. The summed E-state index contributed by atoms with van der Waals surface area (Å²) >= 11 is 5.93. The maximum absolute atomic E-state index is 11.7. The number of halogens is 1. The third-order valence-electron chi connectivity index (χ3n) is 2.90. The molecule has 4 nitrogen and oxygen atoms in total. The summed E-state index contributed by atoms with van der Waals surface area (Å²) in [5.41, 5.74) is 1.45. The number of nitrogens with zero attached hydrogens (tertiary/aromatic N) is 1. The first-order chi connectivity index (χ1) is 8.00. The molecule has 90 valence electrons. The van der Waals surface area contributed by atoms with Gasteiger partial charge in [-0.05, 0) is 24.6 Å². The Hall–Kier alpha value is -1.55. The first-order valence-corrected chi connectivity index (χ1v) is 5.71. The Kier molecular flexibility index (Phi) is 3.07. The van der Waals surface area contributed by atoms with E-state index in [2.05, 4.69) is 0 Å². The molecule has 2 rings (SSSR count). The summed E-state index contributed by atoms with van der Waals surface area (Å²) in [7, 11) is 0. The van der Waals surface area contributed by atoms with Crippen LogP contribution >= 0.6 is 11.6 Å².